The van der Waals surface area contributed by atoms with Crippen LogP contribution in [0.2, 0.25) is 0 Å². The number of alkyl halides is 3. The molecule has 2 aromatic rings. The maximum Gasteiger partial charge on any atom is 0.389 e. The standard InChI is InChI=1S/C22H23F3N2O4/c1-13-10-15(12-26)20(11-18(13)27)31-9-3-8-30-19-5-4-16(14(2)28)21(29)17(19)6-7-22(23,24)25/h4-5,10-11,29H,3,6-9,27H2,1-2H3. The van der Waals surface area contributed by atoms with Crippen molar-refractivity contribution in [2.45, 2.75) is 39.3 Å². The summed E-state index contributed by atoms with van der Waals surface area (Å²) in [7, 11) is 0. The van der Waals surface area contributed by atoms with Gasteiger partial charge in [0.25, 0.3) is 0 Å². The van der Waals surface area contributed by atoms with Crippen LogP contribution in [0.15, 0.2) is 24.3 Å². The van der Waals surface area contributed by atoms with Crippen LogP contribution in [0.1, 0.15) is 46.8 Å². The van der Waals surface area contributed by atoms with Gasteiger partial charge in [0.05, 0.1) is 24.3 Å². The Hall–Kier alpha value is -3.41. The molecule has 3 N–H and O–H groups in total. The predicted molar refractivity (Wildman–Crippen MR) is 108 cm³/mol. The highest BCUT2D eigenvalue weighted by atomic mass is 19.4. The van der Waals surface area contributed by atoms with Gasteiger partial charge in [-0.05, 0) is 44.0 Å². The number of benzene rings is 2. The molecular weight excluding hydrogens is 413 g/mol. The van der Waals surface area contributed by atoms with Gasteiger partial charge in [-0.15, -0.1) is 0 Å². The summed E-state index contributed by atoms with van der Waals surface area (Å²) < 4.78 is 49.1. The van der Waals surface area contributed by atoms with Crippen molar-refractivity contribution in [3.63, 3.8) is 0 Å². The first-order valence-electron chi connectivity index (χ1n) is 9.52. The molecule has 0 radical (unpaired) electrons. The quantitative estimate of drug-likeness (QED) is 0.335. The van der Waals surface area contributed by atoms with E-state index in [9.17, 15) is 28.3 Å². The predicted octanol–water partition coefficient (Wildman–Crippen LogP) is 4.70. The molecule has 2 aromatic carbocycles. The molecule has 2 rings (SSSR count). The molecule has 0 amide bonds. The number of ether oxygens (including phenoxy) is 2. The number of phenols is 1. The second-order valence-corrected chi connectivity index (χ2v) is 6.98. The molecule has 0 spiro atoms. The number of rotatable bonds is 9. The van der Waals surface area contributed by atoms with E-state index in [0.29, 0.717) is 23.4 Å². The van der Waals surface area contributed by atoms with E-state index in [1.165, 1.54) is 19.1 Å². The molecule has 0 aliphatic carbocycles. The second-order valence-electron chi connectivity index (χ2n) is 6.98. The third kappa shape index (κ3) is 6.54. The zero-order chi connectivity index (χ0) is 23.2. The Labute approximate surface area is 178 Å². The van der Waals surface area contributed by atoms with E-state index < -0.39 is 30.6 Å². The number of aromatic hydroxyl groups is 1. The number of phenolic OH excluding ortho intramolecular Hbond substituents is 1. The largest absolute Gasteiger partial charge is 0.507 e. The van der Waals surface area contributed by atoms with Crippen molar-refractivity contribution in [3.8, 4) is 23.3 Å². The van der Waals surface area contributed by atoms with Crippen LogP contribution in [-0.4, -0.2) is 30.3 Å². The van der Waals surface area contributed by atoms with Crippen molar-refractivity contribution in [2.75, 3.05) is 18.9 Å². The van der Waals surface area contributed by atoms with Crippen molar-refractivity contribution in [3.05, 3.63) is 46.5 Å². The molecule has 0 saturated carbocycles. The first kappa shape index (κ1) is 23.9. The SMILES string of the molecule is CC(=O)c1ccc(OCCCOc2cc(N)c(C)cc2C#N)c(CCC(F)(F)F)c1O. The molecule has 0 aliphatic rings. The molecular formula is C22H23F3N2O4. The number of anilines is 1. The summed E-state index contributed by atoms with van der Waals surface area (Å²) in [6.45, 7) is 3.25. The number of ketones is 1. The molecule has 9 heteroatoms. The van der Waals surface area contributed by atoms with Gasteiger partial charge in [0.1, 0.15) is 23.3 Å². The summed E-state index contributed by atoms with van der Waals surface area (Å²) in [5, 5.41) is 19.4. The first-order valence-corrected chi connectivity index (χ1v) is 9.52. The minimum Gasteiger partial charge on any atom is -0.507 e. The van der Waals surface area contributed by atoms with Crippen LogP contribution in [0.3, 0.4) is 0 Å². The highest BCUT2D eigenvalue weighted by molar-refractivity contribution is 5.97. The van der Waals surface area contributed by atoms with E-state index in [0.717, 1.165) is 5.56 Å². The molecule has 0 fully saturated rings. The smallest absolute Gasteiger partial charge is 0.389 e. The van der Waals surface area contributed by atoms with Gasteiger partial charge in [0.2, 0.25) is 0 Å². The minimum atomic E-state index is -4.42. The summed E-state index contributed by atoms with van der Waals surface area (Å²) in [5.41, 5.74) is 7.29. The molecule has 0 unspecified atom stereocenters. The summed E-state index contributed by atoms with van der Waals surface area (Å²) in [6, 6.07) is 7.89. The lowest BCUT2D eigenvalue weighted by Gasteiger charge is -2.16. The van der Waals surface area contributed by atoms with Crippen molar-refractivity contribution < 1.29 is 32.5 Å². The molecule has 0 heterocycles. The van der Waals surface area contributed by atoms with E-state index in [-0.39, 0.29) is 30.1 Å². The topological polar surface area (TPSA) is 106 Å². The fourth-order valence-corrected chi connectivity index (χ4v) is 2.88. The van der Waals surface area contributed by atoms with Gasteiger partial charge in [0, 0.05) is 30.2 Å². The fraction of sp³-hybridized carbons (Fsp3) is 0.364. The molecule has 0 atom stereocenters. The number of carbonyl (C=O) groups is 1. The van der Waals surface area contributed by atoms with Gasteiger partial charge in [0.15, 0.2) is 5.78 Å². The average molecular weight is 436 g/mol. The first-order chi connectivity index (χ1) is 14.5. The molecule has 0 aliphatic heterocycles. The van der Waals surface area contributed by atoms with Crippen LogP contribution in [0, 0.1) is 18.3 Å². The van der Waals surface area contributed by atoms with E-state index >= 15 is 0 Å². The van der Waals surface area contributed by atoms with Gasteiger partial charge in [-0.1, -0.05) is 0 Å². The Morgan fingerprint density at radius 2 is 1.84 bits per heavy atom. The molecule has 0 saturated heterocycles. The third-order valence-electron chi connectivity index (χ3n) is 4.57. The third-order valence-corrected chi connectivity index (χ3v) is 4.57. The number of Topliss-reactive ketones (excluding diaryl/α,β-unsaturated/α-hetero) is 1. The zero-order valence-corrected chi connectivity index (χ0v) is 17.2. The fourth-order valence-electron chi connectivity index (χ4n) is 2.88. The maximum atomic E-state index is 12.7. The molecule has 0 aromatic heterocycles. The number of hydrogen-bond donors (Lipinski definition) is 2. The summed E-state index contributed by atoms with van der Waals surface area (Å²) in [5.74, 6) is -0.556. The molecule has 31 heavy (non-hydrogen) atoms. The molecule has 0 bridgehead atoms. The van der Waals surface area contributed by atoms with E-state index in [1.54, 1.807) is 19.1 Å². The van der Waals surface area contributed by atoms with Crippen molar-refractivity contribution in [1.82, 2.24) is 0 Å². The summed E-state index contributed by atoms with van der Waals surface area (Å²) in [4.78, 5) is 11.6. The van der Waals surface area contributed by atoms with Crippen LogP contribution in [0.25, 0.3) is 0 Å². The Bertz CT molecular complexity index is 998. The summed E-state index contributed by atoms with van der Waals surface area (Å²) >= 11 is 0. The number of hydrogen-bond acceptors (Lipinski definition) is 6. The Morgan fingerprint density at radius 3 is 2.42 bits per heavy atom. The highest BCUT2D eigenvalue weighted by Gasteiger charge is 2.28. The van der Waals surface area contributed by atoms with E-state index in [4.69, 9.17) is 15.2 Å². The van der Waals surface area contributed by atoms with Gasteiger partial charge in [-0.2, -0.15) is 18.4 Å². The van der Waals surface area contributed by atoms with Crippen LogP contribution in [0.4, 0.5) is 18.9 Å². The van der Waals surface area contributed by atoms with E-state index in [2.05, 4.69) is 0 Å². The number of halogens is 3. The van der Waals surface area contributed by atoms with Gasteiger partial charge in [-0.3, -0.25) is 4.79 Å². The maximum absolute atomic E-state index is 12.7. The van der Waals surface area contributed by atoms with Crippen molar-refractivity contribution >= 4 is 11.5 Å². The van der Waals surface area contributed by atoms with Crippen LogP contribution in [-0.2, 0) is 6.42 Å². The molecule has 6 nitrogen and oxygen atoms in total. The lowest BCUT2D eigenvalue weighted by Crippen LogP contribution is -2.11. The van der Waals surface area contributed by atoms with Crippen molar-refractivity contribution in [1.29, 1.82) is 5.26 Å². The highest BCUT2D eigenvalue weighted by Crippen LogP contribution is 2.35. The monoisotopic (exact) mass is 436 g/mol. The number of nitrogens with zero attached hydrogens (tertiary/aromatic N) is 1. The average Bonchev–Trinajstić information content (AvgIpc) is 2.68. The van der Waals surface area contributed by atoms with Gasteiger partial charge in [-0.25, -0.2) is 0 Å². The Balaban J connectivity index is 2.03. The second kappa shape index (κ2) is 10.1. The van der Waals surface area contributed by atoms with Crippen LogP contribution >= 0.6 is 0 Å². The zero-order valence-electron chi connectivity index (χ0n) is 17.2. The number of nitriles is 1. The molecule has 166 valence electrons. The number of carbonyl (C=O) groups excluding carboxylic acids is 1. The number of nitrogen functional groups attached to an aromatic ring is 1. The Morgan fingerprint density at radius 1 is 1.19 bits per heavy atom. The lowest BCUT2D eigenvalue weighted by molar-refractivity contribution is -0.134. The minimum absolute atomic E-state index is 0.0612. The van der Waals surface area contributed by atoms with Gasteiger partial charge >= 0.3 is 6.18 Å². The summed E-state index contributed by atoms with van der Waals surface area (Å²) in [6.07, 6.45) is -5.74. The van der Waals surface area contributed by atoms with Gasteiger partial charge < -0.3 is 20.3 Å². The van der Waals surface area contributed by atoms with E-state index in [1.807, 2.05) is 6.07 Å². The number of nitrogens with two attached hydrogens (primary N) is 1. The van der Waals surface area contributed by atoms with Crippen molar-refractivity contribution in [2.24, 2.45) is 0 Å². The Kier molecular flexibility index (Phi) is 7.75. The normalized spacial score (nSPS) is 11.1. The number of aryl methyl sites for hydroxylation is 1. The lowest BCUT2D eigenvalue weighted by atomic mass is 10.0. The van der Waals surface area contributed by atoms with Crippen LogP contribution < -0.4 is 15.2 Å². The van der Waals surface area contributed by atoms with Crippen LogP contribution in [0.5, 0.6) is 17.2 Å².